The zero-order chi connectivity index (χ0) is 26.6. The van der Waals surface area contributed by atoms with Gasteiger partial charge in [-0.1, -0.05) is 55.8 Å². The average Bonchev–Trinajstić information content (AvgIpc) is 3.43. The van der Waals surface area contributed by atoms with Gasteiger partial charge in [0, 0.05) is 18.5 Å². The summed E-state index contributed by atoms with van der Waals surface area (Å²) in [6, 6.07) is 22.0. The Morgan fingerprint density at radius 2 is 1.87 bits per heavy atom. The molecule has 0 aromatic heterocycles. The van der Waals surface area contributed by atoms with Gasteiger partial charge in [0.2, 0.25) is 0 Å². The van der Waals surface area contributed by atoms with Gasteiger partial charge in [-0.15, -0.1) is 0 Å². The van der Waals surface area contributed by atoms with Crippen LogP contribution in [-0.2, 0) is 22.4 Å². The highest BCUT2D eigenvalue weighted by molar-refractivity contribution is 6.46. The van der Waals surface area contributed by atoms with E-state index >= 15 is 0 Å². The van der Waals surface area contributed by atoms with Gasteiger partial charge in [0.05, 0.1) is 18.2 Å². The van der Waals surface area contributed by atoms with E-state index in [1.165, 1.54) is 0 Å². The minimum Gasteiger partial charge on any atom is -0.507 e. The van der Waals surface area contributed by atoms with Crippen molar-refractivity contribution in [3.8, 4) is 11.5 Å². The molecular formula is C32H33NO5. The Hall–Kier alpha value is -4.06. The molecule has 1 saturated heterocycles. The number of ether oxygens (including phenoxy) is 2. The van der Waals surface area contributed by atoms with Crippen LogP contribution in [0.25, 0.3) is 5.76 Å². The number of carbonyl (C=O) groups excluding carboxylic acids is 2. The predicted octanol–water partition coefficient (Wildman–Crippen LogP) is 5.85. The molecule has 5 rings (SSSR count). The Labute approximate surface area is 223 Å². The van der Waals surface area contributed by atoms with E-state index in [4.69, 9.17) is 9.47 Å². The van der Waals surface area contributed by atoms with Gasteiger partial charge in [-0.2, -0.15) is 0 Å². The largest absolute Gasteiger partial charge is 0.507 e. The summed E-state index contributed by atoms with van der Waals surface area (Å²) in [5.41, 5.74) is 3.37. The number of benzene rings is 3. The van der Waals surface area contributed by atoms with Gasteiger partial charge in [0.15, 0.2) is 0 Å². The first-order valence-electron chi connectivity index (χ1n) is 13.3. The van der Waals surface area contributed by atoms with Crippen LogP contribution in [-0.4, -0.2) is 41.0 Å². The van der Waals surface area contributed by atoms with Crippen molar-refractivity contribution in [2.75, 3.05) is 13.2 Å². The van der Waals surface area contributed by atoms with Crippen LogP contribution in [0.3, 0.4) is 0 Å². The van der Waals surface area contributed by atoms with Crippen molar-refractivity contribution in [2.45, 2.75) is 51.7 Å². The van der Waals surface area contributed by atoms with Crippen molar-refractivity contribution in [1.82, 2.24) is 4.90 Å². The first-order chi connectivity index (χ1) is 18.5. The smallest absolute Gasteiger partial charge is 0.295 e. The van der Waals surface area contributed by atoms with Crippen LogP contribution in [0.4, 0.5) is 0 Å². The molecule has 6 heteroatoms. The molecule has 0 aliphatic carbocycles. The standard InChI is InChI=1S/C32H33NO5/c1-3-4-17-37-26-12-8-11-23(20-26)29-28(30(34)24-13-14-27-25(19-24)18-21(2)38-27)31(35)32(36)33(29)16-15-22-9-6-5-7-10-22/h5-14,19-21,29,34H,3-4,15-18H2,1-2H3/b30-28+/t21-,29-/m0/s1. The third kappa shape index (κ3) is 5.17. The van der Waals surface area contributed by atoms with Crippen molar-refractivity contribution in [3.63, 3.8) is 0 Å². The van der Waals surface area contributed by atoms with Crippen molar-refractivity contribution in [1.29, 1.82) is 0 Å². The second-order valence-electron chi connectivity index (χ2n) is 9.96. The van der Waals surface area contributed by atoms with Crippen molar-refractivity contribution >= 4 is 17.4 Å². The van der Waals surface area contributed by atoms with Crippen LogP contribution in [0.1, 0.15) is 55.0 Å². The number of Topliss-reactive ketones (excluding diaryl/α,β-unsaturated/α-hetero) is 1. The monoisotopic (exact) mass is 511 g/mol. The summed E-state index contributed by atoms with van der Waals surface area (Å²) in [6.07, 6.45) is 3.32. The zero-order valence-electron chi connectivity index (χ0n) is 21.9. The molecule has 3 aromatic carbocycles. The molecule has 1 amide bonds. The summed E-state index contributed by atoms with van der Waals surface area (Å²) in [5.74, 6) is 0.000193. The molecule has 2 heterocycles. The highest BCUT2D eigenvalue weighted by Gasteiger charge is 2.46. The second-order valence-corrected chi connectivity index (χ2v) is 9.96. The minimum absolute atomic E-state index is 0.0569. The van der Waals surface area contributed by atoms with E-state index < -0.39 is 17.7 Å². The maximum absolute atomic E-state index is 13.4. The van der Waals surface area contributed by atoms with Crippen LogP contribution in [0, 0.1) is 0 Å². The quantitative estimate of drug-likeness (QED) is 0.169. The van der Waals surface area contributed by atoms with Crippen LogP contribution in [0.5, 0.6) is 11.5 Å². The molecule has 0 unspecified atom stereocenters. The molecule has 38 heavy (non-hydrogen) atoms. The number of nitrogens with zero attached hydrogens (tertiary/aromatic N) is 1. The lowest BCUT2D eigenvalue weighted by atomic mass is 9.94. The Morgan fingerprint density at radius 3 is 2.66 bits per heavy atom. The van der Waals surface area contributed by atoms with Crippen LogP contribution >= 0.6 is 0 Å². The topological polar surface area (TPSA) is 76.1 Å². The Morgan fingerprint density at radius 1 is 1.05 bits per heavy atom. The average molecular weight is 512 g/mol. The number of hydrogen-bond acceptors (Lipinski definition) is 5. The highest BCUT2D eigenvalue weighted by Crippen LogP contribution is 2.41. The van der Waals surface area contributed by atoms with E-state index in [0.29, 0.717) is 30.9 Å². The minimum atomic E-state index is -0.725. The number of rotatable bonds is 9. The van der Waals surface area contributed by atoms with Crippen LogP contribution in [0.15, 0.2) is 78.4 Å². The number of aliphatic hydroxyl groups excluding tert-OH is 1. The molecule has 0 radical (unpaired) electrons. The Balaban J connectivity index is 1.55. The lowest BCUT2D eigenvalue weighted by molar-refractivity contribution is -0.139. The summed E-state index contributed by atoms with van der Waals surface area (Å²) in [4.78, 5) is 28.4. The fraction of sp³-hybridized carbons (Fsp3) is 0.312. The van der Waals surface area contributed by atoms with Crippen LogP contribution < -0.4 is 9.47 Å². The Bertz CT molecular complexity index is 1360. The van der Waals surface area contributed by atoms with Gasteiger partial charge in [-0.05, 0) is 66.8 Å². The van der Waals surface area contributed by atoms with E-state index in [-0.39, 0.29) is 17.4 Å². The summed E-state index contributed by atoms with van der Waals surface area (Å²) in [5, 5.41) is 11.5. The number of carbonyl (C=O) groups is 2. The first kappa shape index (κ1) is 25.6. The normalized spacial score (nSPS) is 19.9. The molecule has 2 aliphatic heterocycles. The third-order valence-corrected chi connectivity index (χ3v) is 7.13. The first-order valence-corrected chi connectivity index (χ1v) is 13.3. The molecule has 0 spiro atoms. The van der Waals surface area contributed by atoms with Crippen molar-refractivity contribution in [2.24, 2.45) is 0 Å². The lowest BCUT2D eigenvalue weighted by Gasteiger charge is -2.26. The van der Waals surface area contributed by atoms with Crippen molar-refractivity contribution < 1.29 is 24.2 Å². The number of aliphatic hydroxyl groups is 1. The highest BCUT2D eigenvalue weighted by atomic mass is 16.5. The van der Waals surface area contributed by atoms with Gasteiger partial charge < -0.3 is 19.5 Å². The summed E-state index contributed by atoms with van der Waals surface area (Å²) in [6.45, 7) is 5.02. The number of ketones is 1. The number of hydrogen-bond donors (Lipinski definition) is 1. The molecule has 0 saturated carbocycles. The summed E-state index contributed by atoms with van der Waals surface area (Å²) in [7, 11) is 0. The van der Waals surface area contributed by atoms with E-state index in [1.807, 2.05) is 73.7 Å². The molecule has 0 bridgehead atoms. The lowest BCUT2D eigenvalue weighted by Crippen LogP contribution is -2.31. The predicted molar refractivity (Wildman–Crippen MR) is 146 cm³/mol. The van der Waals surface area contributed by atoms with Crippen LogP contribution in [0.2, 0.25) is 0 Å². The van der Waals surface area contributed by atoms with Gasteiger partial charge in [0.1, 0.15) is 23.4 Å². The van der Waals surface area contributed by atoms with E-state index in [9.17, 15) is 14.7 Å². The summed E-state index contributed by atoms with van der Waals surface area (Å²) < 4.78 is 11.7. The molecule has 6 nitrogen and oxygen atoms in total. The number of fused-ring (bicyclic) bond motifs is 1. The Kier molecular flexibility index (Phi) is 7.50. The van der Waals surface area contributed by atoms with E-state index in [1.54, 1.807) is 11.0 Å². The maximum Gasteiger partial charge on any atom is 0.295 e. The molecule has 2 aliphatic rings. The van der Waals surface area contributed by atoms with Gasteiger partial charge >= 0.3 is 0 Å². The van der Waals surface area contributed by atoms with Crippen molar-refractivity contribution in [3.05, 3.63) is 101 Å². The number of unbranched alkanes of at least 4 members (excludes halogenated alkanes) is 1. The number of amides is 1. The fourth-order valence-electron chi connectivity index (χ4n) is 5.19. The van der Waals surface area contributed by atoms with E-state index in [2.05, 4.69) is 6.92 Å². The van der Waals surface area contributed by atoms with Gasteiger partial charge in [0.25, 0.3) is 11.7 Å². The number of likely N-dealkylation sites (tertiary alicyclic amines) is 1. The fourth-order valence-corrected chi connectivity index (χ4v) is 5.19. The summed E-state index contributed by atoms with van der Waals surface area (Å²) >= 11 is 0. The molecule has 3 aromatic rings. The molecular weight excluding hydrogens is 478 g/mol. The van der Waals surface area contributed by atoms with Gasteiger partial charge in [-0.3, -0.25) is 9.59 Å². The second kappa shape index (κ2) is 11.1. The molecule has 196 valence electrons. The SMILES string of the molecule is CCCCOc1cccc([C@H]2/C(=C(\O)c3ccc4c(c3)C[C@H](C)O4)C(=O)C(=O)N2CCc2ccccc2)c1. The third-order valence-electron chi connectivity index (χ3n) is 7.13. The molecule has 1 N–H and O–H groups in total. The maximum atomic E-state index is 13.4. The molecule has 1 fully saturated rings. The van der Waals surface area contributed by atoms with Gasteiger partial charge in [-0.25, -0.2) is 0 Å². The van der Waals surface area contributed by atoms with E-state index in [0.717, 1.165) is 41.7 Å². The zero-order valence-corrected chi connectivity index (χ0v) is 21.9. The molecule has 2 atom stereocenters.